The number of rotatable bonds is 3. The van der Waals surface area contributed by atoms with E-state index in [1.807, 2.05) is 49.9 Å². The van der Waals surface area contributed by atoms with Gasteiger partial charge in [0.25, 0.3) is 0 Å². The van der Waals surface area contributed by atoms with Crippen LogP contribution < -0.4 is 5.32 Å². The van der Waals surface area contributed by atoms with Crippen molar-refractivity contribution in [1.82, 2.24) is 10.2 Å². The minimum absolute atomic E-state index is 0.154. The Balaban J connectivity index is 2.07. The van der Waals surface area contributed by atoms with Crippen LogP contribution in [0.1, 0.15) is 40.2 Å². The third kappa shape index (κ3) is 5.38. The predicted octanol–water partition coefficient (Wildman–Crippen LogP) is 4.12. The van der Waals surface area contributed by atoms with Crippen molar-refractivity contribution in [2.24, 2.45) is 5.92 Å². The van der Waals surface area contributed by atoms with Crippen LogP contribution in [0.25, 0.3) is 0 Å². The Morgan fingerprint density at radius 2 is 1.96 bits per heavy atom. The first kappa shape index (κ1) is 19.1. The van der Waals surface area contributed by atoms with E-state index in [1.54, 1.807) is 0 Å². The molecule has 0 unspecified atom stereocenters. The second kappa shape index (κ2) is 7.75. The number of hydrogen-bond donors (Lipinski definition) is 1. The molecule has 1 fully saturated rings. The second-order valence-electron chi connectivity index (χ2n) is 7.88. The van der Waals surface area contributed by atoms with Gasteiger partial charge in [-0.1, -0.05) is 37.6 Å². The van der Waals surface area contributed by atoms with Gasteiger partial charge in [-0.05, 0) is 50.8 Å². The van der Waals surface area contributed by atoms with Crippen LogP contribution in [0.3, 0.4) is 0 Å². The van der Waals surface area contributed by atoms with Crippen molar-refractivity contribution in [2.45, 2.75) is 58.7 Å². The molecular formula is C19H29ClN2O2. The number of carbonyl (C=O) groups is 1. The van der Waals surface area contributed by atoms with Crippen LogP contribution >= 0.6 is 11.6 Å². The van der Waals surface area contributed by atoms with Crippen molar-refractivity contribution < 1.29 is 9.53 Å². The third-order valence-electron chi connectivity index (χ3n) is 4.23. The van der Waals surface area contributed by atoms with E-state index in [-0.39, 0.29) is 18.2 Å². The number of ether oxygens (including phenoxy) is 1. The molecule has 1 saturated heterocycles. The lowest BCUT2D eigenvalue weighted by atomic mass is 9.96. The summed E-state index contributed by atoms with van der Waals surface area (Å²) in [6.45, 7) is 11.4. The summed E-state index contributed by atoms with van der Waals surface area (Å²) in [5, 5.41) is 4.32. The number of nitrogens with zero attached hydrogens (tertiary/aromatic N) is 1. The summed E-state index contributed by atoms with van der Waals surface area (Å²) in [6, 6.07) is 8.26. The topological polar surface area (TPSA) is 41.6 Å². The molecule has 2 atom stereocenters. The van der Waals surface area contributed by atoms with Gasteiger partial charge in [0.05, 0.1) is 0 Å². The van der Waals surface area contributed by atoms with Crippen molar-refractivity contribution in [3.63, 3.8) is 0 Å². The molecule has 4 nitrogen and oxygen atoms in total. The summed E-state index contributed by atoms with van der Waals surface area (Å²) in [4.78, 5) is 14.5. The highest BCUT2D eigenvalue weighted by molar-refractivity contribution is 6.30. The fourth-order valence-electron chi connectivity index (χ4n) is 3.00. The number of hydrogen-bond acceptors (Lipinski definition) is 3. The lowest BCUT2D eigenvalue weighted by Gasteiger charge is -2.42. The third-order valence-corrected chi connectivity index (χ3v) is 4.48. The highest BCUT2D eigenvalue weighted by atomic mass is 35.5. The largest absolute Gasteiger partial charge is 0.444 e. The molecule has 0 saturated carbocycles. The van der Waals surface area contributed by atoms with Crippen molar-refractivity contribution in [1.29, 1.82) is 0 Å². The Bertz CT molecular complexity index is 551. The quantitative estimate of drug-likeness (QED) is 0.889. The molecular weight excluding hydrogens is 324 g/mol. The number of amides is 1. The molecule has 0 spiro atoms. The fourth-order valence-corrected chi connectivity index (χ4v) is 3.13. The second-order valence-corrected chi connectivity index (χ2v) is 8.32. The van der Waals surface area contributed by atoms with Crippen LogP contribution in [-0.2, 0) is 11.2 Å². The van der Waals surface area contributed by atoms with Gasteiger partial charge in [-0.2, -0.15) is 0 Å². The molecule has 134 valence electrons. The molecule has 1 heterocycles. The molecule has 0 radical (unpaired) electrons. The normalized spacial score (nSPS) is 21.9. The van der Waals surface area contributed by atoms with Gasteiger partial charge in [0.15, 0.2) is 0 Å². The minimum Gasteiger partial charge on any atom is -0.444 e. The van der Waals surface area contributed by atoms with Gasteiger partial charge in [-0.15, -0.1) is 0 Å². The van der Waals surface area contributed by atoms with E-state index in [2.05, 4.69) is 19.2 Å². The van der Waals surface area contributed by atoms with Crippen molar-refractivity contribution in [2.75, 3.05) is 13.1 Å². The fraction of sp³-hybridized carbons (Fsp3) is 0.632. The molecule has 24 heavy (non-hydrogen) atoms. The maximum absolute atomic E-state index is 12.6. The van der Waals surface area contributed by atoms with Crippen LogP contribution in [0.4, 0.5) is 4.79 Å². The van der Waals surface area contributed by atoms with E-state index in [0.29, 0.717) is 12.5 Å². The molecule has 0 bridgehead atoms. The predicted molar refractivity (Wildman–Crippen MR) is 98.5 cm³/mol. The first-order valence-electron chi connectivity index (χ1n) is 8.63. The van der Waals surface area contributed by atoms with Crippen molar-refractivity contribution >= 4 is 17.7 Å². The van der Waals surface area contributed by atoms with Crippen molar-refractivity contribution in [3.05, 3.63) is 34.9 Å². The molecule has 1 N–H and O–H groups in total. The Kier molecular flexibility index (Phi) is 6.16. The summed E-state index contributed by atoms with van der Waals surface area (Å²) in [6.07, 6.45) is 0.644. The van der Waals surface area contributed by atoms with E-state index >= 15 is 0 Å². The summed E-state index contributed by atoms with van der Waals surface area (Å²) in [7, 11) is 0. The van der Waals surface area contributed by atoms with Gasteiger partial charge in [-0.25, -0.2) is 4.79 Å². The molecule has 5 heteroatoms. The molecule has 2 rings (SSSR count). The maximum atomic E-state index is 12.6. The van der Waals surface area contributed by atoms with E-state index in [9.17, 15) is 4.79 Å². The molecule has 1 aliphatic heterocycles. The van der Waals surface area contributed by atoms with Crippen LogP contribution in [-0.4, -0.2) is 41.8 Å². The van der Waals surface area contributed by atoms with E-state index < -0.39 is 5.60 Å². The number of halogens is 1. The summed E-state index contributed by atoms with van der Waals surface area (Å²) >= 11 is 5.95. The van der Waals surface area contributed by atoms with Gasteiger partial charge in [0.2, 0.25) is 0 Å². The molecule has 1 aromatic carbocycles. The zero-order valence-electron chi connectivity index (χ0n) is 15.3. The SMILES string of the molecule is CC(C)[C@H]1CN[C@@H](Cc2ccc(Cl)cc2)CN1C(=O)OC(C)(C)C. The van der Waals surface area contributed by atoms with Gasteiger partial charge < -0.3 is 15.0 Å². The standard InChI is InChI=1S/C19H29ClN2O2/c1-13(2)17-11-21-16(10-14-6-8-15(20)9-7-14)12-22(17)18(23)24-19(3,4)5/h6-9,13,16-17,21H,10-12H2,1-5H3/t16-,17+/m0/s1. The smallest absolute Gasteiger partial charge is 0.410 e. The zero-order valence-corrected chi connectivity index (χ0v) is 16.1. The molecule has 1 aromatic rings. The van der Waals surface area contributed by atoms with E-state index in [0.717, 1.165) is 18.0 Å². The Morgan fingerprint density at radius 3 is 2.50 bits per heavy atom. The average molecular weight is 353 g/mol. The van der Waals surface area contributed by atoms with Crippen LogP contribution in [0.15, 0.2) is 24.3 Å². The number of benzene rings is 1. The summed E-state index contributed by atoms with van der Waals surface area (Å²) in [5.41, 5.74) is 0.735. The Labute approximate surface area is 150 Å². The molecule has 1 amide bonds. The first-order chi connectivity index (χ1) is 11.2. The van der Waals surface area contributed by atoms with E-state index in [1.165, 1.54) is 5.56 Å². The highest BCUT2D eigenvalue weighted by Crippen LogP contribution is 2.21. The molecule has 0 aliphatic carbocycles. The first-order valence-corrected chi connectivity index (χ1v) is 9.01. The van der Waals surface area contributed by atoms with Crippen LogP contribution in [0, 0.1) is 5.92 Å². The van der Waals surface area contributed by atoms with Crippen LogP contribution in [0.5, 0.6) is 0 Å². The van der Waals surface area contributed by atoms with Crippen molar-refractivity contribution in [3.8, 4) is 0 Å². The highest BCUT2D eigenvalue weighted by Gasteiger charge is 2.35. The Hall–Kier alpha value is -1.26. The lowest BCUT2D eigenvalue weighted by Crippen LogP contribution is -2.61. The van der Waals surface area contributed by atoms with Gasteiger partial charge in [0, 0.05) is 30.2 Å². The summed E-state index contributed by atoms with van der Waals surface area (Å²) < 4.78 is 5.61. The zero-order chi connectivity index (χ0) is 17.9. The van der Waals surface area contributed by atoms with E-state index in [4.69, 9.17) is 16.3 Å². The lowest BCUT2D eigenvalue weighted by molar-refractivity contribution is 0.00126. The van der Waals surface area contributed by atoms with Gasteiger partial charge in [0.1, 0.15) is 5.60 Å². The monoisotopic (exact) mass is 352 g/mol. The van der Waals surface area contributed by atoms with Gasteiger partial charge >= 0.3 is 6.09 Å². The average Bonchev–Trinajstić information content (AvgIpc) is 2.47. The maximum Gasteiger partial charge on any atom is 0.410 e. The Morgan fingerprint density at radius 1 is 1.33 bits per heavy atom. The van der Waals surface area contributed by atoms with Crippen LogP contribution in [0.2, 0.25) is 5.02 Å². The number of nitrogens with one attached hydrogen (secondary N) is 1. The molecule has 0 aromatic heterocycles. The number of piperazine rings is 1. The summed E-state index contributed by atoms with van der Waals surface area (Å²) in [5.74, 6) is 0.376. The minimum atomic E-state index is -0.477. The van der Waals surface area contributed by atoms with Gasteiger partial charge in [-0.3, -0.25) is 0 Å². The number of carbonyl (C=O) groups excluding carboxylic acids is 1. The molecule has 1 aliphatic rings.